The topological polar surface area (TPSA) is 37.4 Å². The first-order chi connectivity index (χ1) is 6.44. The van der Waals surface area contributed by atoms with E-state index in [9.17, 15) is 8.42 Å². The molecule has 0 fully saturated rings. The largest absolute Gasteiger partial charge is 0.214 e. The Morgan fingerprint density at radius 2 is 1.86 bits per heavy atom. The van der Waals surface area contributed by atoms with E-state index in [1.54, 1.807) is 0 Å². The van der Waals surface area contributed by atoms with Gasteiger partial charge in [-0.3, -0.25) is 0 Å². The second-order valence-corrected chi connectivity index (χ2v) is 6.15. The van der Waals surface area contributed by atoms with Crippen molar-refractivity contribution >= 4 is 21.6 Å². The number of alkyl halides is 1. The summed E-state index contributed by atoms with van der Waals surface area (Å²) in [6.07, 6.45) is 0.828. The van der Waals surface area contributed by atoms with Crippen LogP contribution >= 0.6 is 11.6 Å². The maximum absolute atomic E-state index is 11.8. The summed E-state index contributed by atoms with van der Waals surface area (Å²) in [5, 5.41) is 0. The van der Waals surface area contributed by atoms with Crippen molar-refractivity contribution in [3.05, 3.63) is 0 Å². The molecule has 0 atom stereocenters. The summed E-state index contributed by atoms with van der Waals surface area (Å²) in [6, 6.07) is 0. The quantitative estimate of drug-likeness (QED) is 0.639. The van der Waals surface area contributed by atoms with Gasteiger partial charge in [-0.05, 0) is 12.3 Å². The molecule has 0 unspecified atom stereocenters. The highest BCUT2D eigenvalue weighted by Gasteiger charge is 2.21. The Labute approximate surface area is 92.5 Å². The molecule has 0 radical (unpaired) electrons. The van der Waals surface area contributed by atoms with Gasteiger partial charge in [0.15, 0.2) is 0 Å². The van der Waals surface area contributed by atoms with Gasteiger partial charge in [0.25, 0.3) is 0 Å². The minimum atomic E-state index is -3.10. The molecule has 0 aliphatic heterocycles. The van der Waals surface area contributed by atoms with Crippen LogP contribution < -0.4 is 0 Å². The van der Waals surface area contributed by atoms with E-state index in [0.717, 1.165) is 6.42 Å². The predicted molar refractivity (Wildman–Crippen MR) is 61.2 cm³/mol. The summed E-state index contributed by atoms with van der Waals surface area (Å²) in [7, 11) is -3.10. The van der Waals surface area contributed by atoms with Crippen molar-refractivity contribution in [2.75, 3.05) is 24.7 Å². The summed E-state index contributed by atoms with van der Waals surface area (Å²) in [6.45, 7) is 6.77. The van der Waals surface area contributed by atoms with Crippen LogP contribution in [0.25, 0.3) is 0 Å². The molecule has 5 heteroatoms. The smallest absolute Gasteiger partial charge is 0.212 e. The zero-order valence-corrected chi connectivity index (χ0v) is 10.7. The number of rotatable bonds is 7. The van der Waals surface area contributed by atoms with Crippen molar-refractivity contribution in [2.24, 2.45) is 5.92 Å². The Kier molecular flexibility index (Phi) is 6.74. The van der Waals surface area contributed by atoms with Crippen LogP contribution in [0, 0.1) is 5.92 Å². The third-order valence-corrected chi connectivity index (χ3v) is 4.15. The highest BCUT2D eigenvalue weighted by molar-refractivity contribution is 7.89. The van der Waals surface area contributed by atoms with Crippen LogP contribution in [0.3, 0.4) is 0 Å². The lowest BCUT2D eigenvalue weighted by atomic mass is 10.3. The molecule has 0 saturated carbocycles. The molecule has 0 bridgehead atoms. The van der Waals surface area contributed by atoms with Gasteiger partial charge >= 0.3 is 0 Å². The Morgan fingerprint density at radius 1 is 1.29 bits per heavy atom. The molecule has 0 aliphatic rings. The molecule has 0 aromatic carbocycles. The molecular formula is C9H20ClNO2S. The van der Waals surface area contributed by atoms with Crippen LogP contribution in [-0.4, -0.2) is 37.4 Å². The molecule has 0 aromatic heterocycles. The van der Waals surface area contributed by atoms with Crippen LogP contribution in [-0.2, 0) is 10.0 Å². The van der Waals surface area contributed by atoms with Gasteiger partial charge in [0.2, 0.25) is 10.0 Å². The Hall–Kier alpha value is 0.200. The minimum Gasteiger partial charge on any atom is -0.212 e. The van der Waals surface area contributed by atoms with Crippen LogP contribution in [0.2, 0.25) is 0 Å². The van der Waals surface area contributed by atoms with E-state index in [-0.39, 0.29) is 11.7 Å². The summed E-state index contributed by atoms with van der Waals surface area (Å²) in [4.78, 5) is 0. The molecule has 0 N–H and O–H groups in total. The molecule has 0 amide bonds. The van der Waals surface area contributed by atoms with E-state index < -0.39 is 10.0 Å². The fourth-order valence-electron chi connectivity index (χ4n) is 1.26. The van der Waals surface area contributed by atoms with Crippen molar-refractivity contribution < 1.29 is 8.42 Å². The monoisotopic (exact) mass is 241 g/mol. The van der Waals surface area contributed by atoms with Crippen molar-refractivity contribution in [3.63, 3.8) is 0 Å². The summed E-state index contributed by atoms with van der Waals surface area (Å²) in [5.41, 5.74) is 0. The standard InChI is InChI=1S/C9H20ClNO2S/c1-4-6-11(7-5-10)14(12,13)8-9(2)3/h9H,4-8H2,1-3H3. The van der Waals surface area contributed by atoms with Gasteiger partial charge in [0, 0.05) is 19.0 Å². The highest BCUT2D eigenvalue weighted by atomic mass is 35.5. The molecule has 0 aromatic rings. The minimum absolute atomic E-state index is 0.162. The number of hydrogen-bond acceptors (Lipinski definition) is 2. The molecule has 14 heavy (non-hydrogen) atoms. The lowest BCUT2D eigenvalue weighted by Gasteiger charge is -2.21. The summed E-state index contributed by atoms with van der Waals surface area (Å²) >= 11 is 5.57. The van der Waals surface area contributed by atoms with E-state index in [2.05, 4.69) is 0 Å². The predicted octanol–water partition coefficient (Wildman–Crippen LogP) is 1.92. The van der Waals surface area contributed by atoms with E-state index in [0.29, 0.717) is 19.0 Å². The summed E-state index contributed by atoms with van der Waals surface area (Å²) in [5.74, 6) is 0.732. The third-order valence-electron chi connectivity index (χ3n) is 1.74. The second kappa shape index (κ2) is 6.64. The lowest BCUT2D eigenvalue weighted by Crippen LogP contribution is -2.36. The van der Waals surface area contributed by atoms with E-state index in [1.807, 2.05) is 20.8 Å². The van der Waals surface area contributed by atoms with Gasteiger partial charge in [0.1, 0.15) is 0 Å². The Balaban J connectivity index is 4.45. The van der Waals surface area contributed by atoms with Gasteiger partial charge in [0.05, 0.1) is 5.75 Å². The van der Waals surface area contributed by atoms with Gasteiger partial charge in [-0.15, -0.1) is 11.6 Å². The number of halogens is 1. The van der Waals surface area contributed by atoms with Crippen LogP contribution in [0.1, 0.15) is 27.2 Å². The van der Waals surface area contributed by atoms with E-state index >= 15 is 0 Å². The highest BCUT2D eigenvalue weighted by Crippen LogP contribution is 2.08. The number of hydrogen-bond donors (Lipinski definition) is 0. The van der Waals surface area contributed by atoms with E-state index in [1.165, 1.54) is 4.31 Å². The molecule has 0 aliphatic carbocycles. The first-order valence-corrected chi connectivity index (χ1v) is 7.12. The fraction of sp³-hybridized carbons (Fsp3) is 1.00. The normalized spacial score (nSPS) is 12.7. The number of sulfonamides is 1. The third kappa shape index (κ3) is 5.17. The lowest BCUT2D eigenvalue weighted by molar-refractivity contribution is 0.424. The van der Waals surface area contributed by atoms with Gasteiger partial charge in [-0.2, -0.15) is 0 Å². The van der Waals surface area contributed by atoms with Gasteiger partial charge in [-0.1, -0.05) is 20.8 Å². The van der Waals surface area contributed by atoms with Gasteiger partial charge < -0.3 is 0 Å². The molecule has 0 heterocycles. The van der Waals surface area contributed by atoms with Crippen molar-refractivity contribution in [1.29, 1.82) is 0 Å². The zero-order valence-electron chi connectivity index (χ0n) is 9.16. The second-order valence-electron chi connectivity index (χ2n) is 3.76. The van der Waals surface area contributed by atoms with Crippen molar-refractivity contribution in [3.8, 4) is 0 Å². The first kappa shape index (κ1) is 14.2. The SMILES string of the molecule is CCCN(CCCl)S(=O)(=O)CC(C)C. The fourth-order valence-corrected chi connectivity index (χ4v) is 3.45. The van der Waals surface area contributed by atoms with Crippen LogP contribution in [0.5, 0.6) is 0 Å². The van der Waals surface area contributed by atoms with Crippen LogP contribution in [0.4, 0.5) is 0 Å². The first-order valence-electron chi connectivity index (χ1n) is 4.97. The zero-order chi connectivity index (χ0) is 11.2. The van der Waals surface area contributed by atoms with Crippen molar-refractivity contribution in [2.45, 2.75) is 27.2 Å². The van der Waals surface area contributed by atoms with Crippen LogP contribution in [0.15, 0.2) is 0 Å². The average molecular weight is 242 g/mol. The Morgan fingerprint density at radius 3 is 2.21 bits per heavy atom. The molecule has 0 spiro atoms. The number of nitrogens with zero attached hydrogens (tertiary/aromatic N) is 1. The van der Waals surface area contributed by atoms with E-state index in [4.69, 9.17) is 11.6 Å². The maximum atomic E-state index is 11.8. The van der Waals surface area contributed by atoms with Crippen molar-refractivity contribution in [1.82, 2.24) is 4.31 Å². The average Bonchev–Trinajstić information content (AvgIpc) is 2.01. The maximum Gasteiger partial charge on any atom is 0.214 e. The molecule has 3 nitrogen and oxygen atoms in total. The Bertz CT molecular complexity index is 233. The van der Waals surface area contributed by atoms with Gasteiger partial charge in [-0.25, -0.2) is 12.7 Å². The molecular weight excluding hydrogens is 222 g/mol. The summed E-state index contributed by atoms with van der Waals surface area (Å²) < 4.78 is 25.1. The molecule has 0 rings (SSSR count). The molecule has 86 valence electrons. The molecule has 0 saturated heterocycles.